The predicted octanol–water partition coefficient (Wildman–Crippen LogP) is 2.87. The molecule has 108 valence electrons. The van der Waals surface area contributed by atoms with E-state index in [4.69, 9.17) is 9.47 Å². The van der Waals surface area contributed by atoms with Crippen LogP contribution in [0, 0.1) is 0 Å². The van der Waals surface area contributed by atoms with Crippen LogP contribution >= 0.6 is 0 Å². The Morgan fingerprint density at radius 2 is 1.95 bits per heavy atom. The van der Waals surface area contributed by atoms with Gasteiger partial charge in [0, 0.05) is 13.7 Å². The molecule has 0 radical (unpaired) electrons. The monoisotopic (exact) mass is 275 g/mol. The smallest absolute Gasteiger partial charge is 0.226 e. The Morgan fingerprint density at radius 3 is 2.75 bits per heavy atom. The minimum absolute atomic E-state index is 0.494. The van der Waals surface area contributed by atoms with Gasteiger partial charge in [0.1, 0.15) is 6.61 Å². The van der Waals surface area contributed by atoms with E-state index in [1.807, 2.05) is 24.3 Å². The molecule has 20 heavy (non-hydrogen) atoms. The van der Waals surface area contributed by atoms with Crippen molar-refractivity contribution in [3.05, 3.63) is 24.3 Å². The Labute approximate surface area is 119 Å². The quantitative estimate of drug-likeness (QED) is 0.751. The Bertz CT molecular complexity index is 546. The maximum atomic E-state index is 5.73. The Kier molecular flexibility index (Phi) is 5.55. The molecular weight excluding hydrogens is 254 g/mol. The standard InChI is InChI=1S/C15H21N3O2/c1-3-4-9-19-10-11-20-14-12-7-5-6-8-13(12)17-15(16-2)18-14/h5-8H,3-4,9-11H2,1-2H3,(H,16,17,18). The maximum Gasteiger partial charge on any atom is 0.226 e. The zero-order valence-electron chi connectivity index (χ0n) is 12.1. The number of anilines is 1. The molecular formula is C15H21N3O2. The van der Waals surface area contributed by atoms with Crippen LogP contribution in [0.25, 0.3) is 10.9 Å². The summed E-state index contributed by atoms with van der Waals surface area (Å²) < 4.78 is 11.2. The van der Waals surface area contributed by atoms with Crippen LogP contribution in [0.5, 0.6) is 5.88 Å². The highest BCUT2D eigenvalue weighted by atomic mass is 16.5. The van der Waals surface area contributed by atoms with Crippen molar-refractivity contribution in [2.45, 2.75) is 19.8 Å². The molecule has 0 atom stereocenters. The number of para-hydroxylation sites is 1. The zero-order valence-corrected chi connectivity index (χ0v) is 12.1. The van der Waals surface area contributed by atoms with Crippen LogP contribution < -0.4 is 10.1 Å². The van der Waals surface area contributed by atoms with Gasteiger partial charge in [-0.1, -0.05) is 25.5 Å². The second-order valence-corrected chi connectivity index (χ2v) is 4.43. The number of hydrogen-bond acceptors (Lipinski definition) is 5. The number of rotatable bonds is 8. The molecule has 0 amide bonds. The van der Waals surface area contributed by atoms with E-state index in [0.717, 1.165) is 30.4 Å². The molecule has 0 fully saturated rings. The van der Waals surface area contributed by atoms with Crippen molar-refractivity contribution in [3.8, 4) is 5.88 Å². The van der Waals surface area contributed by atoms with Crippen LogP contribution in [0.2, 0.25) is 0 Å². The fraction of sp³-hybridized carbons (Fsp3) is 0.467. The van der Waals surface area contributed by atoms with Gasteiger partial charge in [-0.15, -0.1) is 0 Å². The molecule has 1 N–H and O–H groups in total. The zero-order chi connectivity index (χ0) is 14.2. The van der Waals surface area contributed by atoms with Gasteiger partial charge >= 0.3 is 0 Å². The minimum Gasteiger partial charge on any atom is -0.475 e. The van der Waals surface area contributed by atoms with Gasteiger partial charge in [0.25, 0.3) is 0 Å². The van der Waals surface area contributed by atoms with E-state index in [2.05, 4.69) is 22.2 Å². The lowest BCUT2D eigenvalue weighted by Crippen LogP contribution is -2.09. The summed E-state index contributed by atoms with van der Waals surface area (Å²) in [6.07, 6.45) is 2.23. The summed E-state index contributed by atoms with van der Waals surface area (Å²) in [6.45, 7) is 4.00. The van der Waals surface area contributed by atoms with Crippen molar-refractivity contribution < 1.29 is 9.47 Å². The van der Waals surface area contributed by atoms with Crippen LogP contribution in [-0.2, 0) is 4.74 Å². The fourth-order valence-corrected chi connectivity index (χ4v) is 1.82. The number of benzene rings is 1. The summed E-state index contributed by atoms with van der Waals surface area (Å²) in [5.41, 5.74) is 0.869. The SMILES string of the molecule is CCCCOCCOc1nc(NC)nc2ccccc12. The van der Waals surface area contributed by atoms with Gasteiger partial charge in [-0.3, -0.25) is 0 Å². The van der Waals surface area contributed by atoms with Gasteiger partial charge in [0.15, 0.2) is 0 Å². The summed E-state index contributed by atoms with van der Waals surface area (Å²) in [5, 5.41) is 3.86. The number of nitrogens with one attached hydrogen (secondary N) is 1. The average molecular weight is 275 g/mol. The van der Waals surface area contributed by atoms with Gasteiger partial charge in [0.05, 0.1) is 17.5 Å². The predicted molar refractivity (Wildman–Crippen MR) is 80.3 cm³/mol. The molecule has 1 heterocycles. The summed E-state index contributed by atoms with van der Waals surface area (Å²) >= 11 is 0. The van der Waals surface area contributed by atoms with Crippen molar-refractivity contribution >= 4 is 16.9 Å². The van der Waals surface area contributed by atoms with Gasteiger partial charge in [-0.25, -0.2) is 4.98 Å². The number of hydrogen-bond donors (Lipinski definition) is 1. The van der Waals surface area contributed by atoms with E-state index in [1.54, 1.807) is 7.05 Å². The lowest BCUT2D eigenvalue weighted by molar-refractivity contribution is 0.0971. The van der Waals surface area contributed by atoms with E-state index in [0.29, 0.717) is 25.0 Å². The van der Waals surface area contributed by atoms with Gasteiger partial charge in [0.2, 0.25) is 11.8 Å². The Balaban J connectivity index is 2.01. The van der Waals surface area contributed by atoms with Crippen LogP contribution in [0.3, 0.4) is 0 Å². The highest BCUT2D eigenvalue weighted by Gasteiger charge is 2.07. The number of aromatic nitrogens is 2. The molecule has 0 saturated heterocycles. The van der Waals surface area contributed by atoms with Crippen molar-refractivity contribution in [2.24, 2.45) is 0 Å². The van der Waals surface area contributed by atoms with Crippen molar-refractivity contribution in [2.75, 3.05) is 32.2 Å². The first kappa shape index (κ1) is 14.5. The van der Waals surface area contributed by atoms with E-state index in [9.17, 15) is 0 Å². The second-order valence-electron chi connectivity index (χ2n) is 4.43. The van der Waals surface area contributed by atoms with Gasteiger partial charge in [-0.2, -0.15) is 4.98 Å². The van der Waals surface area contributed by atoms with Crippen molar-refractivity contribution in [1.29, 1.82) is 0 Å². The highest BCUT2D eigenvalue weighted by Crippen LogP contribution is 2.23. The number of nitrogens with zero attached hydrogens (tertiary/aromatic N) is 2. The lowest BCUT2D eigenvalue weighted by Gasteiger charge is -2.10. The number of fused-ring (bicyclic) bond motifs is 1. The molecule has 0 aliphatic heterocycles. The van der Waals surface area contributed by atoms with Gasteiger partial charge < -0.3 is 14.8 Å². The van der Waals surface area contributed by atoms with Gasteiger partial charge in [-0.05, 0) is 18.6 Å². The maximum absolute atomic E-state index is 5.73. The summed E-state index contributed by atoms with van der Waals surface area (Å²) in [4.78, 5) is 8.74. The summed E-state index contributed by atoms with van der Waals surface area (Å²) in [5.74, 6) is 1.16. The third-order valence-electron chi connectivity index (χ3n) is 2.90. The molecule has 1 aromatic carbocycles. The first-order valence-electron chi connectivity index (χ1n) is 7.00. The average Bonchev–Trinajstić information content (AvgIpc) is 2.50. The molecule has 1 aromatic heterocycles. The molecule has 2 rings (SSSR count). The summed E-state index contributed by atoms with van der Waals surface area (Å²) in [7, 11) is 1.79. The Hall–Kier alpha value is -1.88. The summed E-state index contributed by atoms with van der Waals surface area (Å²) in [6, 6.07) is 7.81. The first-order valence-corrected chi connectivity index (χ1v) is 7.00. The van der Waals surface area contributed by atoms with Crippen LogP contribution in [0.15, 0.2) is 24.3 Å². The van der Waals surface area contributed by atoms with E-state index in [1.165, 1.54) is 0 Å². The molecule has 0 spiro atoms. The molecule has 0 bridgehead atoms. The molecule has 0 unspecified atom stereocenters. The molecule has 0 aliphatic rings. The number of ether oxygens (including phenoxy) is 2. The molecule has 0 saturated carbocycles. The number of unbranched alkanes of at least 4 members (excludes halogenated alkanes) is 1. The fourth-order valence-electron chi connectivity index (χ4n) is 1.82. The lowest BCUT2D eigenvalue weighted by atomic mass is 10.2. The normalized spacial score (nSPS) is 10.7. The first-order chi connectivity index (χ1) is 9.85. The highest BCUT2D eigenvalue weighted by molar-refractivity contribution is 5.84. The second kappa shape index (κ2) is 7.65. The molecule has 5 heteroatoms. The van der Waals surface area contributed by atoms with E-state index >= 15 is 0 Å². The van der Waals surface area contributed by atoms with Crippen molar-refractivity contribution in [3.63, 3.8) is 0 Å². The molecule has 0 aliphatic carbocycles. The van der Waals surface area contributed by atoms with E-state index < -0.39 is 0 Å². The van der Waals surface area contributed by atoms with Crippen LogP contribution in [0.1, 0.15) is 19.8 Å². The topological polar surface area (TPSA) is 56.3 Å². The Morgan fingerprint density at radius 1 is 1.10 bits per heavy atom. The third-order valence-corrected chi connectivity index (χ3v) is 2.90. The van der Waals surface area contributed by atoms with Crippen LogP contribution in [-0.4, -0.2) is 36.8 Å². The largest absolute Gasteiger partial charge is 0.475 e. The van der Waals surface area contributed by atoms with E-state index in [-0.39, 0.29) is 0 Å². The minimum atomic E-state index is 0.494. The van der Waals surface area contributed by atoms with Crippen molar-refractivity contribution in [1.82, 2.24) is 9.97 Å². The van der Waals surface area contributed by atoms with Crippen LogP contribution in [0.4, 0.5) is 5.95 Å². The third kappa shape index (κ3) is 3.81. The molecule has 2 aromatic rings. The molecule has 5 nitrogen and oxygen atoms in total.